The topological polar surface area (TPSA) is 114 Å². The molecular weight excluding hydrogens is 242 g/mol. The Bertz CT molecular complexity index is 300. The van der Waals surface area contributed by atoms with E-state index in [2.05, 4.69) is 4.84 Å². The number of aliphatic hydroxyl groups is 1. The quantitative estimate of drug-likeness (QED) is 0.367. The van der Waals surface area contributed by atoms with Crippen LogP contribution in [0.3, 0.4) is 0 Å². The van der Waals surface area contributed by atoms with Crippen molar-refractivity contribution in [3.63, 3.8) is 0 Å². The van der Waals surface area contributed by atoms with Gasteiger partial charge in [-0.15, -0.1) is 10.1 Å². The fraction of sp³-hybridized carbons (Fsp3) is 1.00. The number of ether oxygens (including phenoxy) is 2. The van der Waals surface area contributed by atoms with Crippen molar-refractivity contribution in [1.82, 2.24) is 0 Å². The summed E-state index contributed by atoms with van der Waals surface area (Å²) in [6, 6.07) is 0. The fourth-order valence-corrected chi connectivity index (χ4v) is 2.67. The van der Waals surface area contributed by atoms with Crippen molar-refractivity contribution in [3.8, 4) is 0 Å². The molecule has 0 bridgehead atoms. The van der Waals surface area contributed by atoms with Crippen molar-refractivity contribution in [3.05, 3.63) is 10.1 Å². The first-order valence-electron chi connectivity index (χ1n) is 4.55. The van der Waals surface area contributed by atoms with Crippen molar-refractivity contribution >= 4 is 11.2 Å². The van der Waals surface area contributed by atoms with E-state index < -0.39 is 39.5 Å². The molecule has 2 fully saturated rings. The molecule has 0 amide bonds. The molecule has 2 heterocycles. The molecule has 0 aliphatic carbocycles. The zero-order valence-corrected chi connectivity index (χ0v) is 9.21. The Hall–Kier alpha value is -0.610. The SMILES string of the molecule is C[S+]([O-])[C@]1(O)CO[C@@H]2[C@H](O[N+](=O)[O-])CO[C@@H]21. The van der Waals surface area contributed by atoms with Gasteiger partial charge >= 0.3 is 0 Å². The summed E-state index contributed by atoms with van der Waals surface area (Å²) in [5.41, 5.74) is 0. The Balaban J connectivity index is 2.09. The highest BCUT2D eigenvalue weighted by molar-refractivity contribution is 7.92. The van der Waals surface area contributed by atoms with E-state index in [4.69, 9.17) is 9.47 Å². The molecule has 0 radical (unpaired) electrons. The van der Waals surface area contributed by atoms with Crippen LogP contribution < -0.4 is 0 Å². The molecule has 8 nitrogen and oxygen atoms in total. The van der Waals surface area contributed by atoms with Gasteiger partial charge in [-0.05, 0) is 11.2 Å². The van der Waals surface area contributed by atoms with Gasteiger partial charge in [-0.2, -0.15) is 0 Å². The van der Waals surface area contributed by atoms with Crippen LogP contribution in [0.25, 0.3) is 0 Å². The van der Waals surface area contributed by atoms with E-state index in [0.717, 1.165) is 0 Å². The summed E-state index contributed by atoms with van der Waals surface area (Å²) in [5.74, 6) is 0. The molecule has 1 unspecified atom stereocenters. The Morgan fingerprint density at radius 3 is 2.88 bits per heavy atom. The van der Waals surface area contributed by atoms with Crippen LogP contribution in [0.4, 0.5) is 0 Å². The van der Waals surface area contributed by atoms with E-state index in [9.17, 15) is 19.8 Å². The van der Waals surface area contributed by atoms with Crippen LogP contribution in [0.15, 0.2) is 0 Å². The summed E-state index contributed by atoms with van der Waals surface area (Å²) in [4.78, 5) is 12.9. The third-order valence-corrected chi connectivity index (χ3v) is 4.10. The van der Waals surface area contributed by atoms with Crippen LogP contribution in [0.1, 0.15) is 0 Å². The first-order valence-corrected chi connectivity index (χ1v) is 6.11. The van der Waals surface area contributed by atoms with Gasteiger partial charge in [0, 0.05) is 0 Å². The van der Waals surface area contributed by atoms with Crippen molar-refractivity contribution in [1.29, 1.82) is 0 Å². The van der Waals surface area contributed by atoms with Crippen LogP contribution >= 0.6 is 0 Å². The number of rotatable bonds is 3. The fourth-order valence-electron chi connectivity index (χ4n) is 1.91. The van der Waals surface area contributed by atoms with Gasteiger partial charge < -0.3 is 24.0 Å². The van der Waals surface area contributed by atoms with Crippen molar-refractivity contribution < 1.29 is 29.1 Å². The number of hydrogen-bond acceptors (Lipinski definition) is 7. The molecule has 0 spiro atoms. The van der Waals surface area contributed by atoms with Crippen LogP contribution in [0.5, 0.6) is 0 Å². The van der Waals surface area contributed by atoms with E-state index in [-0.39, 0.29) is 13.2 Å². The zero-order chi connectivity index (χ0) is 11.9. The molecule has 2 aliphatic rings. The average molecular weight is 253 g/mol. The lowest BCUT2D eigenvalue weighted by Gasteiger charge is -2.26. The third kappa shape index (κ3) is 1.74. The van der Waals surface area contributed by atoms with Crippen LogP contribution in [-0.2, 0) is 25.5 Å². The van der Waals surface area contributed by atoms with Gasteiger partial charge in [-0.1, -0.05) is 0 Å². The summed E-state index contributed by atoms with van der Waals surface area (Å²) in [6.45, 7) is -0.237. The minimum atomic E-state index is -1.61. The van der Waals surface area contributed by atoms with Gasteiger partial charge in [0.25, 0.3) is 10.0 Å². The maximum Gasteiger partial charge on any atom is 0.294 e. The molecule has 16 heavy (non-hydrogen) atoms. The van der Waals surface area contributed by atoms with E-state index >= 15 is 0 Å². The second-order valence-corrected chi connectivity index (χ2v) is 5.31. The lowest BCUT2D eigenvalue weighted by molar-refractivity contribution is -0.769. The standard InChI is InChI=1S/C7H11NO7S/c1-16(12)7(9)3-14-5-4(15-8(10)11)2-13-6(5)7/h4-6,9H,2-3H2,1H3/t4-,5-,6+,7-,16?/m1/s1. The van der Waals surface area contributed by atoms with Gasteiger partial charge in [0.1, 0.15) is 12.7 Å². The van der Waals surface area contributed by atoms with Gasteiger partial charge in [0.2, 0.25) is 0 Å². The summed E-state index contributed by atoms with van der Waals surface area (Å²) in [6.07, 6.45) is -1.14. The van der Waals surface area contributed by atoms with Gasteiger partial charge in [0.05, 0.1) is 12.9 Å². The van der Waals surface area contributed by atoms with Crippen molar-refractivity contribution in [2.45, 2.75) is 23.2 Å². The Kier molecular flexibility index (Phi) is 2.97. The van der Waals surface area contributed by atoms with E-state index in [0.29, 0.717) is 0 Å². The molecule has 2 rings (SSSR count). The largest absolute Gasteiger partial charge is 0.614 e. The maximum absolute atomic E-state index is 11.4. The predicted octanol–water partition coefficient (Wildman–Crippen LogP) is -1.57. The van der Waals surface area contributed by atoms with Crippen LogP contribution in [0, 0.1) is 10.1 Å². The van der Waals surface area contributed by atoms with Crippen LogP contribution in [-0.4, -0.2) is 57.5 Å². The lowest BCUT2D eigenvalue weighted by Crippen LogP contribution is -2.49. The highest BCUT2D eigenvalue weighted by atomic mass is 32.2. The van der Waals surface area contributed by atoms with E-state index in [1.807, 2.05) is 0 Å². The molecule has 0 aromatic heterocycles. The summed E-state index contributed by atoms with van der Waals surface area (Å²) < 4.78 is 21.7. The van der Waals surface area contributed by atoms with Crippen molar-refractivity contribution in [2.24, 2.45) is 0 Å². The Morgan fingerprint density at radius 2 is 2.31 bits per heavy atom. The first kappa shape index (κ1) is 11.9. The van der Waals surface area contributed by atoms with Crippen LogP contribution in [0.2, 0.25) is 0 Å². The highest BCUT2D eigenvalue weighted by Gasteiger charge is 2.62. The molecule has 1 N–H and O–H groups in total. The molecule has 92 valence electrons. The Morgan fingerprint density at radius 1 is 1.62 bits per heavy atom. The number of nitrogens with zero attached hydrogens (tertiary/aromatic N) is 1. The number of hydrogen-bond donors (Lipinski definition) is 1. The molecule has 2 aliphatic heterocycles. The molecule has 2 saturated heterocycles. The average Bonchev–Trinajstić information content (AvgIpc) is 2.70. The number of fused-ring (bicyclic) bond motifs is 1. The first-order chi connectivity index (χ1) is 7.45. The second-order valence-electron chi connectivity index (χ2n) is 3.70. The van der Waals surface area contributed by atoms with Gasteiger partial charge in [-0.25, -0.2) is 0 Å². The van der Waals surface area contributed by atoms with E-state index in [1.54, 1.807) is 0 Å². The monoisotopic (exact) mass is 253 g/mol. The molecular formula is C7H11NO7S. The molecule has 5 atom stereocenters. The second kappa shape index (κ2) is 4.00. The summed E-state index contributed by atoms with van der Waals surface area (Å²) >= 11 is -1.56. The van der Waals surface area contributed by atoms with Crippen molar-refractivity contribution in [2.75, 3.05) is 19.5 Å². The Labute approximate surface area is 93.8 Å². The summed E-state index contributed by atoms with van der Waals surface area (Å²) in [5, 5.41) is 19.3. The smallest absolute Gasteiger partial charge is 0.294 e. The van der Waals surface area contributed by atoms with E-state index in [1.165, 1.54) is 6.26 Å². The predicted molar refractivity (Wildman–Crippen MR) is 50.4 cm³/mol. The molecule has 0 aromatic carbocycles. The lowest BCUT2D eigenvalue weighted by atomic mass is 10.1. The minimum Gasteiger partial charge on any atom is -0.614 e. The third-order valence-electron chi connectivity index (χ3n) is 2.75. The van der Waals surface area contributed by atoms with Gasteiger partial charge in [0.15, 0.2) is 12.2 Å². The zero-order valence-electron chi connectivity index (χ0n) is 8.40. The maximum atomic E-state index is 11.4. The molecule has 0 saturated carbocycles. The summed E-state index contributed by atoms with van der Waals surface area (Å²) in [7, 11) is 0. The molecule has 9 heteroatoms. The highest BCUT2D eigenvalue weighted by Crippen LogP contribution is 2.38. The minimum absolute atomic E-state index is 0.0597. The molecule has 0 aromatic rings. The normalized spacial score (nSPS) is 44.1. The van der Waals surface area contributed by atoms with Gasteiger partial charge in [-0.3, -0.25) is 0 Å².